The predicted octanol–water partition coefficient (Wildman–Crippen LogP) is 2.08. The molecule has 3 heterocycles. The first-order valence-electron chi connectivity index (χ1n) is 8.29. The summed E-state index contributed by atoms with van der Waals surface area (Å²) >= 11 is 0. The van der Waals surface area contributed by atoms with Crippen LogP contribution < -0.4 is 4.90 Å². The largest absolute Gasteiger partial charge is 0.378 e. The van der Waals surface area contributed by atoms with Crippen LogP contribution in [-0.2, 0) is 11.3 Å². The second-order valence-corrected chi connectivity index (χ2v) is 5.99. The van der Waals surface area contributed by atoms with Gasteiger partial charge in [-0.15, -0.1) is 0 Å². The molecule has 0 saturated carbocycles. The van der Waals surface area contributed by atoms with Gasteiger partial charge in [0.05, 0.1) is 18.9 Å². The summed E-state index contributed by atoms with van der Waals surface area (Å²) in [5.41, 5.74) is 1.15. The molecule has 0 bridgehead atoms. The van der Waals surface area contributed by atoms with Crippen LogP contribution in [0.25, 0.3) is 0 Å². The van der Waals surface area contributed by atoms with E-state index in [1.807, 2.05) is 6.20 Å². The number of nitrogens with zero attached hydrogens (tertiary/aromatic N) is 4. The Morgan fingerprint density at radius 2 is 1.67 bits per heavy atom. The zero-order valence-electron chi connectivity index (χ0n) is 12.8. The Bertz CT molecular complexity index is 426. The minimum Gasteiger partial charge on any atom is -0.378 e. The first-order valence-corrected chi connectivity index (χ1v) is 8.29. The fraction of sp³-hybridized carbons (Fsp3) is 0.750. The Balaban J connectivity index is 1.61. The fourth-order valence-corrected chi connectivity index (χ4v) is 3.09. The Hall–Kier alpha value is -1.20. The highest BCUT2D eigenvalue weighted by molar-refractivity contribution is 5.30. The van der Waals surface area contributed by atoms with Crippen molar-refractivity contribution in [3.63, 3.8) is 0 Å². The van der Waals surface area contributed by atoms with Crippen molar-refractivity contribution in [1.29, 1.82) is 0 Å². The van der Waals surface area contributed by atoms with Crippen LogP contribution in [0, 0.1) is 0 Å². The van der Waals surface area contributed by atoms with E-state index in [-0.39, 0.29) is 0 Å². The van der Waals surface area contributed by atoms with Crippen molar-refractivity contribution in [2.24, 2.45) is 0 Å². The zero-order chi connectivity index (χ0) is 14.3. The number of hydrogen-bond acceptors (Lipinski definition) is 5. The highest BCUT2D eigenvalue weighted by Crippen LogP contribution is 2.14. The van der Waals surface area contributed by atoms with Crippen molar-refractivity contribution in [3.8, 4) is 0 Å². The van der Waals surface area contributed by atoms with Crippen LogP contribution in [0.15, 0.2) is 12.3 Å². The second kappa shape index (κ2) is 7.71. The summed E-state index contributed by atoms with van der Waals surface area (Å²) in [6.07, 6.45) is 8.70. The van der Waals surface area contributed by atoms with Crippen molar-refractivity contribution in [1.82, 2.24) is 14.9 Å². The van der Waals surface area contributed by atoms with Crippen LogP contribution >= 0.6 is 0 Å². The third kappa shape index (κ3) is 4.38. The van der Waals surface area contributed by atoms with Gasteiger partial charge in [0, 0.05) is 25.8 Å². The van der Waals surface area contributed by atoms with Gasteiger partial charge in [0.25, 0.3) is 0 Å². The van der Waals surface area contributed by atoms with Crippen LogP contribution in [-0.4, -0.2) is 54.3 Å². The average molecular weight is 290 g/mol. The van der Waals surface area contributed by atoms with Gasteiger partial charge in [0.2, 0.25) is 5.95 Å². The van der Waals surface area contributed by atoms with Crippen LogP contribution in [0.1, 0.15) is 37.8 Å². The lowest BCUT2D eigenvalue weighted by atomic mass is 10.1. The van der Waals surface area contributed by atoms with Crippen molar-refractivity contribution >= 4 is 5.95 Å². The molecule has 3 rings (SSSR count). The molecule has 0 unspecified atom stereocenters. The number of ether oxygens (including phenoxy) is 1. The quantitative estimate of drug-likeness (QED) is 0.852. The van der Waals surface area contributed by atoms with E-state index in [4.69, 9.17) is 9.72 Å². The Labute approximate surface area is 127 Å². The van der Waals surface area contributed by atoms with Crippen molar-refractivity contribution in [2.75, 3.05) is 44.3 Å². The van der Waals surface area contributed by atoms with Gasteiger partial charge in [-0.2, -0.15) is 0 Å². The van der Waals surface area contributed by atoms with Crippen molar-refractivity contribution in [2.45, 2.75) is 38.6 Å². The minimum absolute atomic E-state index is 0.777. The Morgan fingerprint density at radius 1 is 0.952 bits per heavy atom. The first kappa shape index (κ1) is 14.7. The molecule has 1 aromatic rings. The molecular formula is C16H26N4O. The SMILES string of the molecule is c1cc(CN2CCCCCCC2)nc(N2CCOCC2)n1. The van der Waals surface area contributed by atoms with Crippen LogP contribution in [0.4, 0.5) is 5.95 Å². The molecule has 2 fully saturated rings. The van der Waals surface area contributed by atoms with E-state index in [2.05, 4.69) is 20.9 Å². The van der Waals surface area contributed by atoms with Gasteiger partial charge in [-0.05, 0) is 32.0 Å². The molecule has 2 saturated heterocycles. The Morgan fingerprint density at radius 3 is 2.43 bits per heavy atom. The summed E-state index contributed by atoms with van der Waals surface area (Å²) in [5.74, 6) is 0.864. The van der Waals surface area contributed by atoms with Gasteiger partial charge < -0.3 is 9.64 Å². The first-order chi connectivity index (χ1) is 10.4. The maximum absolute atomic E-state index is 5.39. The van der Waals surface area contributed by atoms with Gasteiger partial charge >= 0.3 is 0 Å². The lowest BCUT2D eigenvalue weighted by molar-refractivity contribution is 0.122. The smallest absolute Gasteiger partial charge is 0.225 e. The molecule has 2 aliphatic rings. The molecule has 1 aromatic heterocycles. The van der Waals surface area contributed by atoms with Crippen LogP contribution in [0.2, 0.25) is 0 Å². The van der Waals surface area contributed by atoms with E-state index in [1.165, 1.54) is 45.2 Å². The predicted molar refractivity (Wildman–Crippen MR) is 83.4 cm³/mol. The molecule has 5 heteroatoms. The van der Waals surface area contributed by atoms with Gasteiger partial charge in [-0.25, -0.2) is 9.97 Å². The van der Waals surface area contributed by atoms with E-state index >= 15 is 0 Å². The topological polar surface area (TPSA) is 41.5 Å². The summed E-state index contributed by atoms with van der Waals surface area (Å²) in [6.45, 7) is 6.72. The lowest BCUT2D eigenvalue weighted by Crippen LogP contribution is -2.37. The Kier molecular flexibility index (Phi) is 5.40. The molecule has 0 amide bonds. The van der Waals surface area contributed by atoms with Gasteiger partial charge in [0.15, 0.2) is 0 Å². The molecule has 2 aliphatic heterocycles. The van der Waals surface area contributed by atoms with Crippen LogP contribution in [0.5, 0.6) is 0 Å². The van der Waals surface area contributed by atoms with E-state index in [0.717, 1.165) is 44.5 Å². The van der Waals surface area contributed by atoms with Crippen molar-refractivity contribution in [3.05, 3.63) is 18.0 Å². The molecule has 5 nitrogen and oxygen atoms in total. The summed E-state index contributed by atoms with van der Waals surface area (Å²) in [4.78, 5) is 14.0. The fourth-order valence-electron chi connectivity index (χ4n) is 3.09. The maximum atomic E-state index is 5.39. The number of likely N-dealkylation sites (tertiary alicyclic amines) is 1. The van der Waals surface area contributed by atoms with Gasteiger partial charge in [0.1, 0.15) is 0 Å². The standard InChI is InChI=1S/C16H26N4O/c1-2-4-8-19(9-5-3-1)14-15-6-7-17-16(18-15)20-10-12-21-13-11-20/h6-7H,1-5,8-14H2. The zero-order valence-corrected chi connectivity index (χ0v) is 12.8. The molecule has 116 valence electrons. The molecule has 21 heavy (non-hydrogen) atoms. The normalized spacial score (nSPS) is 21.8. The summed E-state index contributed by atoms with van der Waals surface area (Å²) in [5, 5.41) is 0. The number of rotatable bonds is 3. The highest BCUT2D eigenvalue weighted by Gasteiger charge is 2.15. The summed E-state index contributed by atoms with van der Waals surface area (Å²) in [6, 6.07) is 2.06. The van der Waals surface area contributed by atoms with E-state index in [9.17, 15) is 0 Å². The average Bonchev–Trinajstić information content (AvgIpc) is 2.51. The summed E-state index contributed by atoms with van der Waals surface area (Å²) in [7, 11) is 0. The molecule has 0 aromatic carbocycles. The molecular weight excluding hydrogens is 264 g/mol. The van der Waals surface area contributed by atoms with Crippen LogP contribution in [0.3, 0.4) is 0 Å². The lowest BCUT2D eigenvalue weighted by Gasteiger charge is -2.27. The monoisotopic (exact) mass is 290 g/mol. The summed E-state index contributed by atoms with van der Waals surface area (Å²) < 4.78 is 5.39. The molecule has 0 N–H and O–H groups in total. The third-order valence-electron chi connectivity index (χ3n) is 4.33. The molecule has 0 atom stereocenters. The number of morpholine rings is 1. The minimum atomic E-state index is 0.777. The van der Waals surface area contributed by atoms with E-state index in [0.29, 0.717) is 0 Å². The van der Waals surface area contributed by atoms with E-state index in [1.54, 1.807) is 0 Å². The van der Waals surface area contributed by atoms with E-state index < -0.39 is 0 Å². The van der Waals surface area contributed by atoms with Gasteiger partial charge in [-0.1, -0.05) is 19.3 Å². The van der Waals surface area contributed by atoms with Gasteiger partial charge in [-0.3, -0.25) is 4.90 Å². The maximum Gasteiger partial charge on any atom is 0.225 e. The number of aromatic nitrogens is 2. The molecule has 0 radical (unpaired) electrons. The molecule has 0 spiro atoms. The number of hydrogen-bond donors (Lipinski definition) is 0. The second-order valence-electron chi connectivity index (χ2n) is 5.99. The number of anilines is 1. The van der Waals surface area contributed by atoms with Crippen molar-refractivity contribution < 1.29 is 4.74 Å². The highest BCUT2D eigenvalue weighted by atomic mass is 16.5. The third-order valence-corrected chi connectivity index (χ3v) is 4.33. The molecule has 0 aliphatic carbocycles.